The average Bonchev–Trinajstić information content (AvgIpc) is 3.03. The molecule has 0 aliphatic carbocycles. The zero-order valence-corrected chi connectivity index (χ0v) is 14.3. The Kier molecular flexibility index (Phi) is 5.36. The Morgan fingerprint density at radius 1 is 0.920 bits per heavy atom. The van der Waals surface area contributed by atoms with Crippen molar-refractivity contribution in [2.45, 2.75) is 19.4 Å². The molecule has 1 heterocycles. The van der Waals surface area contributed by atoms with Crippen molar-refractivity contribution in [3.63, 3.8) is 0 Å². The van der Waals surface area contributed by atoms with E-state index in [9.17, 15) is 9.59 Å². The smallest absolute Gasteiger partial charge is 0.242 e. The van der Waals surface area contributed by atoms with Gasteiger partial charge in [-0.2, -0.15) is 0 Å². The molecule has 0 atom stereocenters. The fourth-order valence-corrected chi connectivity index (χ4v) is 2.72. The average molecular weight is 356 g/mol. The van der Waals surface area contributed by atoms with E-state index >= 15 is 0 Å². The van der Waals surface area contributed by atoms with Crippen molar-refractivity contribution in [2.24, 2.45) is 0 Å². The second-order valence-electron chi connectivity index (χ2n) is 5.72. The normalized spacial score (nSPS) is 10.6. The van der Waals surface area contributed by atoms with Crippen LogP contribution in [0.3, 0.4) is 0 Å². The first kappa shape index (κ1) is 17.0. The van der Waals surface area contributed by atoms with Crippen LogP contribution < -0.4 is 10.9 Å². The number of nitrogens with zero attached hydrogens (tertiary/aromatic N) is 1. The zero-order chi connectivity index (χ0) is 17.6. The number of aromatic nitrogens is 1. The number of hydrogen-bond acceptors (Lipinski definition) is 2. The molecule has 3 aromatic rings. The van der Waals surface area contributed by atoms with Crippen molar-refractivity contribution < 1.29 is 9.59 Å². The summed E-state index contributed by atoms with van der Waals surface area (Å²) in [6.45, 7) is 0.548. The Balaban J connectivity index is 1.44. The standard InChI is InChI=1S/C19H18ClN3O2/c20-16-7-5-14(6-8-16)13-19(25)22-21-18(24)10-12-23-11-9-15-3-1-2-4-17(15)23/h1-9,11H,10,12-13H2,(H,21,24)(H,22,25). The van der Waals surface area contributed by atoms with Crippen molar-refractivity contribution in [3.8, 4) is 0 Å². The van der Waals surface area contributed by atoms with E-state index in [-0.39, 0.29) is 24.7 Å². The van der Waals surface area contributed by atoms with Gasteiger partial charge in [-0.1, -0.05) is 41.9 Å². The van der Waals surface area contributed by atoms with Gasteiger partial charge in [-0.15, -0.1) is 0 Å². The Bertz CT molecular complexity index is 887. The summed E-state index contributed by atoms with van der Waals surface area (Å²) < 4.78 is 2.02. The largest absolute Gasteiger partial charge is 0.347 e. The van der Waals surface area contributed by atoms with E-state index in [0.29, 0.717) is 11.6 Å². The Morgan fingerprint density at radius 2 is 1.64 bits per heavy atom. The van der Waals surface area contributed by atoms with Crippen molar-refractivity contribution >= 4 is 34.3 Å². The number of aryl methyl sites for hydroxylation is 1. The van der Waals surface area contributed by atoms with Crippen LogP contribution >= 0.6 is 11.6 Å². The van der Waals surface area contributed by atoms with Crippen LogP contribution in [0.25, 0.3) is 10.9 Å². The van der Waals surface area contributed by atoms with Gasteiger partial charge in [-0.3, -0.25) is 20.4 Å². The summed E-state index contributed by atoms with van der Waals surface area (Å²) in [7, 11) is 0. The molecule has 0 bridgehead atoms. The van der Waals surface area contributed by atoms with Gasteiger partial charge in [0.2, 0.25) is 11.8 Å². The van der Waals surface area contributed by atoms with Crippen LogP contribution in [0.4, 0.5) is 0 Å². The second-order valence-corrected chi connectivity index (χ2v) is 6.15. The molecule has 2 aromatic carbocycles. The highest BCUT2D eigenvalue weighted by atomic mass is 35.5. The molecular weight excluding hydrogens is 338 g/mol. The third-order valence-electron chi connectivity index (χ3n) is 3.88. The quantitative estimate of drug-likeness (QED) is 0.691. The number of rotatable bonds is 5. The minimum absolute atomic E-state index is 0.180. The SMILES string of the molecule is O=C(CCn1ccc2ccccc21)NNC(=O)Cc1ccc(Cl)cc1. The monoisotopic (exact) mass is 355 g/mol. The number of carbonyl (C=O) groups is 2. The van der Waals surface area contributed by atoms with E-state index in [1.54, 1.807) is 24.3 Å². The maximum atomic E-state index is 11.9. The Morgan fingerprint density at radius 3 is 2.44 bits per heavy atom. The summed E-state index contributed by atoms with van der Waals surface area (Å²) in [6, 6.07) is 17.0. The highest BCUT2D eigenvalue weighted by Crippen LogP contribution is 2.15. The van der Waals surface area contributed by atoms with Gasteiger partial charge < -0.3 is 4.57 Å². The topological polar surface area (TPSA) is 63.1 Å². The van der Waals surface area contributed by atoms with Crippen LogP contribution in [-0.2, 0) is 22.6 Å². The fourth-order valence-electron chi connectivity index (χ4n) is 2.59. The molecule has 0 aliphatic heterocycles. The van der Waals surface area contributed by atoms with Crippen LogP contribution in [0.2, 0.25) is 5.02 Å². The number of amides is 2. The summed E-state index contributed by atoms with van der Waals surface area (Å²) in [4.78, 5) is 23.8. The van der Waals surface area contributed by atoms with Gasteiger partial charge in [0.05, 0.1) is 6.42 Å². The first-order valence-corrected chi connectivity index (χ1v) is 8.35. The molecule has 0 fully saturated rings. The molecule has 2 amide bonds. The maximum Gasteiger partial charge on any atom is 0.242 e. The van der Waals surface area contributed by atoms with Gasteiger partial charge >= 0.3 is 0 Å². The molecular formula is C19H18ClN3O2. The number of hydrazine groups is 1. The van der Waals surface area contributed by atoms with E-state index in [4.69, 9.17) is 11.6 Å². The molecule has 2 N–H and O–H groups in total. The highest BCUT2D eigenvalue weighted by Gasteiger charge is 2.07. The predicted molar refractivity (Wildman–Crippen MR) is 98.0 cm³/mol. The summed E-state index contributed by atoms with van der Waals surface area (Å²) in [5, 5.41) is 1.76. The molecule has 6 heteroatoms. The van der Waals surface area contributed by atoms with E-state index in [1.807, 2.05) is 41.1 Å². The van der Waals surface area contributed by atoms with E-state index < -0.39 is 0 Å². The Hall–Kier alpha value is -2.79. The number of fused-ring (bicyclic) bond motifs is 1. The first-order chi connectivity index (χ1) is 12.1. The van der Waals surface area contributed by atoms with E-state index in [1.165, 1.54) is 0 Å². The van der Waals surface area contributed by atoms with Crippen LogP contribution in [0.15, 0.2) is 60.8 Å². The molecule has 25 heavy (non-hydrogen) atoms. The predicted octanol–water partition coefficient (Wildman–Crippen LogP) is 3.07. The van der Waals surface area contributed by atoms with Gasteiger partial charge in [0.25, 0.3) is 0 Å². The lowest BCUT2D eigenvalue weighted by Gasteiger charge is -2.09. The molecule has 0 saturated heterocycles. The number of benzene rings is 2. The van der Waals surface area contributed by atoms with Crippen molar-refractivity contribution in [2.75, 3.05) is 0 Å². The lowest BCUT2D eigenvalue weighted by atomic mass is 10.1. The molecule has 0 unspecified atom stereocenters. The van der Waals surface area contributed by atoms with Crippen LogP contribution in [0.1, 0.15) is 12.0 Å². The minimum Gasteiger partial charge on any atom is -0.347 e. The Labute approximate surface area is 150 Å². The van der Waals surface area contributed by atoms with Gasteiger partial charge in [0.15, 0.2) is 0 Å². The molecule has 0 aliphatic rings. The summed E-state index contributed by atoms with van der Waals surface area (Å²) in [6.07, 6.45) is 2.41. The molecule has 1 aromatic heterocycles. The van der Waals surface area contributed by atoms with Gasteiger partial charge in [-0.05, 0) is 35.2 Å². The molecule has 128 valence electrons. The van der Waals surface area contributed by atoms with E-state index in [0.717, 1.165) is 16.5 Å². The van der Waals surface area contributed by atoms with Crippen molar-refractivity contribution in [1.29, 1.82) is 0 Å². The van der Waals surface area contributed by atoms with Gasteiger partial charge in [-0.25, -0.2) is 0 Å². The molecule has 3 rings (SSSR count). The molecule has 0 radical (unpaired) electrons. The highest BCUT2D eigenvalue weighted by molar-refractivity contribution is 6.30. The summed E-state index contributed by atoms with van der Waals surface area (Å²) in [5.41, 5.74) is 6.79. The third kappa shape index (κ3) is 4.61. The number of halogens is 1. The number of hydrogen-bond donors (Lipinski definition) is 2. The molecule has 0 saturated carbocycles. The van der Waals surface area contributed by atoms with Gasteiger partial charge in [0, 0.05) is 29.7 Å². The summed E-state index contributed by atoms with van der Waals surface area (Å²) in [5.74, 6) is -0.510. The number of carbonyl (C=O) groups excluding carboxylic acids is 2. The van der Waals surface area contributed by atoms with Crippen molar-refractivity contribution in [3.05, 3.63) is 71.4 Å². The van der Waals surface area contributed by atoms with Crippen molar-refractivity contribution in [1.82, 2.24) is 15.4 Å². The number of nitrogens with one attached hydrogen (secondary N) is 2. The second kappa shape index (κ2) is 7.85. The van der Waals surface area contributed by atoms with Crippen LogP contribution in [0.5, 0.6) is 0 Å². The third-order valence-corrected chi connectivity index (χ3v) is 4.13. The van der Waals surface area contributed by atoms with Crippen LogP contribution in [0, 0.1) is 0 Å². The van der Waals surface area contributed by atoms with E-state index in [2.05, 4.69) is 10.9 Å². The van der Waals surface area contributed by atoms with Crippen LogP contribution in [-0.4, -0.2) is 16.4 Å². The maximum absolute atomic E-state index is 11.9. The summed E-state index contributed by atoms with van der Waals surface area (Å²) >= 11 is 5.80. The lowest BCUT2D eigenvalue weighted by Crippen LogP contribution is -2.42. The minimum atomic E-state index is -0.276. The van der Waals surface area contributed by atoms with Gasteiger partial charge in [0.1, 0.15) is 0 Å². The molecule has 5 nitrogen and oxygen atoms in total. The first-order valence-electron chi connectivity index (χ1n) is 7.98. The zero-order valence-electron chi connectivity index (χ0n) is 13.5. The lowest BCUT2D eigenvalue weighted by molar-refractivity contribution is -0.128. The number of para-hydroxylation sites is 1. The fraction of sp³-hybridized carbons (Fsp3) is 0.158. The molecule has 0 spiro atoms.